The van der Waals surface area contributed by atoms with Gasteiger partial charge in [0.25, 0.3) is 0 Å². The van der Waals surface area contributed by atoms with Gasteiger partial charge in [-0.3, -0.25) is 0 Å². The molecule has 0 bridgehead atoms. The van der Waals surface area contributed by atoms with E-state index in [0.717, 1.165) is 13.0 Å². The summed E-state index contributed by atoms with van der Waals surface area (Å²) in [5.41, 5.74) is 6.25. The molecule has 3 nitrogen and oxygen atoms in total. The number of hydrogen-bond donors (Lipinski definition) is 1. The van der Waals surface area contributed by atoms with Crippen LogP contribution in [0.1, 0.15) is 32.1 Å². The molecule has 1 aliphatic heterocycles. The average Bonchev–Trinajstić information content (AvgIpc) is 2.58. The molecule has 0 aromatic rings. The molecule has 78 valence electrons. The molecule has 1 saturated carbocycles. The van der Waals surface area contributed by atoms with Crippen molar-refractivity contribution in [1.29, 1.82) is 5.26 Å². The fourth-order valence-corrected chi connectivity index (χ4v) is 2.69. The summed E-state index contributed by atoms with van der Waals surface area (Å²) in [6.07, 6.45) is 6.47. The summed E-state index contributed by atoms with van der Waals surface area (Å²) < 4.78 is 0. The van der Waals surface area contributed by atoms with E-state index in [1.807, 2.05) is 0 Å². The molecule has 2 N–H and O–H groups in total. The van der Waals surface area contributed by atoms with E-state index in [0.29, 0.717) is 5.41 Å². The van der Waals surface area contributed by atoms with Crippen LogP contribution in [0, 0.1) is 16.7 Å². The van der Waals surface area contributed by atoms with E-state index in [-0.39, 0.29) is 6.04 Å². The number of likely N-dealkylation sites (tertiary alicyclic amines) is 1. The van der Waals surface area contributed by atoms with Crippen LogP contribution in [-0.2, 0) is 0 Å². The van der Waals surface area contributed by atoms with Crippen LogP contribution in [0.15, 0.2) is 0 Å². The molecule has 1 heterocycles. The van der Waals surface area contributed by atoms with Crippen molar-refractivity contribution in [3.63, 3.8) is 0 Å². The molecule has 0 amide bonds. The largest absolute Gasteiger partial charge is 0.316 e. The van der Waals surface area contributed by atoms with Crippen molar-refractivity contribution in [1.82, 2.24) is 4.90 Å². The Labute approximate surface area is 85.9 Å². The van der Waals surface area contributed by atoms with Gasteiger partial charge in [-0.05, 0) is 37.6 Å². The maximum absolute atomic E-state index is 8.58. The predicted molar refractivity (Wildman–Crippen MR) is 55.5 cm³/mol. The van der Waals surface area contributed by atoms with E-state index < -0.39 is 0 Å². The molecular weight excluding hydrogens is 174 g/mol. The topological polar surface area (TPSA) is 53.1 Å². The zero-order valence-electron chi connectivity index (χ0n) is 8.71. The van der Waals surface area contributed by atoms with Crippen LogP contribution >= 0.6 is 0 Å². The Morgan fingerprint density at radius 1 is 1.43 bits per heavy atom. The summed E-state index contributed by atoms with van der Waals surface area (Å²) in [6.45, 7) is 3.49. The molecule has 2 fully saturated rings. The summed E-state index contributed by atoms with van der Waals surface area (Å²) in [4.78, 5) is 2.48. The van der Waals surface area contributed by atoms with Crippen LogP contribution in [0.3, 0.4) is 0 Å². The molecule has 0 radical (unpaired) electrons. The third-order valence-electron chi connectivity index (χ3n) is 3.85. The van der Waals surface area contributed by atoms with Crippen LogP contribution < -0.4 is 5.73 Å². The van der Waals surface area contributed by atoms with Gasteiger partial charge >= 0.3 is 0 Å². The Balaban J connectivity index is 1.71. The minimum absolute atomic E-state index is 0.270. The molecule has 1 atom stereocenters. The molecule has 14 heavy (non-hydrogen) atoms. The zero-order chi connectivity index (χ0) is 10.0. The number of rotatable bonds is 3. The highest BCUT2D eigenvalue weighted by molar-refractivity contribution is 4.96. The molecule has 0 aromatic heterocycles. The molecule has 2 rings (SSSR count). The van der Waals surface area contributed by atoms with Gasteiger partial charge in [-0.2, -0.15) is 5.26 Å². The van der Waals surface area contributed by atoms with Crippen LogP contribution in [0.5, 0.6) is 0 Å². The first-order valence-corrected chi connectivity index (χ1v) is 5.62. The van der Waals surface area contributed by atoms with E-state index in [2.05, 4.69) is 11.0 Å². The number of nitriles is 1. The highest BCUT2D eigenvalue weighted by Crippen LogP contribution is 2.47. The van der Waals surface area contributed by atoms with Crippen molar-refractivity contribution in [2.75, 3.05) is 19.6 Å². The lowest BCUT2D eigenvalue weighted by atomic mass is 9.68. The van der Waals surface area contributed by atoms with Gasteiger partial charge in [0.2, 0.25) is 0 Å². The van der Waals surface area contributed by atoms with E-state index in [9.17, 15) is 0 Å². The van der Waals surface area contributed by atoms with Crippen LogP contribution in [0.2, 0.25) is 0 Å². The van der Waals surface area contributed by atoms with E-state index >= 15 is 0 Å². The first-order valence-electron chi connectivity index (χ1n) is 5.62. The summed E-state index contributed by atoms with van der Waals surface area (Å²) >= 11 is 0. The highest BCUT2D eigenvalue weighted by atomic mass is 15.2. The molecule has 1 unspecified atom stereocenters. The van der Waals surface area contributed by atoms with Gasteiger partial charge in [-0.1, -0.05) is 6.42 Å². The SMILES string of the molecule is N#CC(N)CCN1CCC2(CCC2)C1. The number of nitrogens with zero attached hydrogens (tertiary/aromatic N) is 2. The van der Waals surface area contributed by atoms with Crippen molar-refractivity contribution < 1.29 is 0 Å². The van der Waals surface area contributed by atoms with E-state index in [1.54, 1.807) is 0 Å². The molecule has 1 spiro atoms. The first-order chi connectivity index (χ1) is 6.74. The van der Waals surface area contributed by atoms with Crippen LogP contribution in [0.4, 0.5) is 0 Å². The predicted octanol–water partition coefficient (Wildman–Crippen LogP) is 1.10. The summed E-state index contributed by atoms with van der Waals surface area (Å²) in [6, 6.07) is 1.82. The molecule has 3 heteroatoms. The second kappa shape index (κ2) is 3.88. The van der Waals surface area contributed by atoms with Gasteiger partial charge in [0.1, 0.15) is 0 Å². The molecule has 1 saturated heterocycles. The fraction of sp³-hybridized carbons (Fsp3) is 0.909. The van der Waals surface area contributed by atoms with Gasteiger partial charge in [0.15, 0.2) is 0 Å². The maximum Gasteiger partial charge on any atom is 0.0940 e. The lowest BCUT2D eigenvalue weighted by molar-refractivity contribution is 0.138. The molecular formula is C11H19N3. The minimum Gasteiger partial charge on any atom is -0.316 e. The van der Waals surface area contributed by atoms with Gasteiger partial charge in [-0.15, -0.1) is 0 Å². The second-order valence-electron chi connectivity index (χ2n) is 4.90. The minimum atomic E-state index is -0.270. The molecule has 2 aliphatic rings. The van der Waals surface area contributed by atoms with Gasteiger partial charge in [0, 0.05) is 13.1 Å². The Kier molecular flexibility index (Phi) is 2.76. The second-order valence-corrected chi connectivity index (χ2v) is 4.90. The van der Waals surface area contributed by atoms with Crippen LogP contribution in [0.25, 0.3) is 0 Å². The third kappa shape index (κ3) is 1.92. The Morgan fingerprint density at radius 3 is 2.71 bits per heavy atom. The van der Waals surface area contributed by atoms with Crippen molar-refractivity contribution >= 4 is 0 Å². The number of nitrogens with two attached hydrogens (primary N) is 1. The Morgan fingerprint density at radius 2 is 2.21 bits per heavy atom. The van der Waals surface area contributed by atoms with Gasteiger partial charge in [-0.25, -0.2) is 0 Å². The highest BCUT2D eigenvalue weighted by Gasteiger charge is 2.42. The van der Waals surface area contributed by atoms with Crippen LogP contribution in [-0.4, -0.2) is 30.6 Å². The standard InChI is InChI=1S/C11H19N3/c12-8-10(13)2-6-14-7-5-11(9-14)3-1-4-11/h10H,1-7,9,13H2. The van der Waals surface area contributed by atoms with Crippen molar-refractivity contribution in [3.8, 4) is 6.07 Å². The lowest BCUT2D eigenvalue weighted by Gasteiger charge is -2.38. The smallest absolute Gasteiger partial charge is 0.0940 e. The van der Waals surface area contributed by atoms with Crippen molar-refractivity contribution in [2.45, 2.75) is 38.1 Å². The summed E-state index contributed by atoms with van der Waals surface area (Å²) in [7, 11) is 0. The Bertz CT molecular complexity index is 239. The summed E-state index contributed by atoms with van der Waals surface area (Å²) in [5.74, 6) is 0. The Hall–Kier alpha value is -0.590. The van der Waals surface area contributed by atoms with Gasteiger partial charge < -0.3 is 10.6 Å². The van der Waals surface area contributed by atoms with Gasteiger partial charge in [0.05, 0.1) is 12.1 Å². The van der Waals surface area contributed by atoms with Crippen molar-refractivity contribution in [3.05, 3.63) is 0 Å². The van der Waals surface area contributed by atoms with E-state index in [1.165, 1.54) is 38.8 Å². The average molecular weight is 193 g/mol. The van der Waals surface area contributed by atoms with Crippen molar-refractivity contribution in [2.24, 2.45) is 11.1 Å². The number of hydrogen-bond acceptors (Lipinski definition) is 3. The summed E-state index contributed by atoms with van der Waals surface area (Å²) in [5, 5.41) is 8.58. The first kappa shape index (κ1) is 9.95. The van der Waals surface area contributed by atoms with E-state index in [4.69, 9.17) is 11.0 Å². The maximum atomic E-state index is 8.58. The monoisotopic (exact) mass is 193 g/mol. The molecule has 1 aliphatic carbocycles. The quantitative estimate of drug-likeness (QED) is 0.730. The fourth-order valence-electron chi connectivity index (χ4n) is 2.69. The normalized spacial score (nSPS) is 27.1. The molecule has 0 aromatic carbocycles. The zero-order valence-corrected chi connectivity index (χ0v) is 8.71. The third-order valence-corrected chi connectivity index (χ3v) is 3.85. The lowest BCUT2D eigenvalue weighted by Crippen LogP contribution is -2.34.